The maximum absolute atomic E-state index is 12.1. The van der Waals surface area contributed by atoms with Crippen LogP contribution in [0.2, 0.25) is 0 Å². The van der Waals surface area contributed by atoms with Crippen molar-refractivity contribution in [1.29, 1.82) is 0 Å². The second-order valence-corrected chi connectivity index (χ2v) is 7.04. The summed E-state index contributed by atoms with van der Waals surface area (Å²) in [5, 5.41) is 2.59. The Kier molecular flexibility index (Phi) is 8.01. The molecule has 0 bridgehead atoms. The second-order valence-electron chi connectivity index (χ2n) is 7.04. The van der Waals surface area contributed by atoms with E-state index in [2.05, 4.69) is 12.2 Å². The number of carbonyl (C=O) groups is 3. The van der Waals surface area contributed by atoms with Gasteiger partial charge in [-0.05, 0) is 27.2 Å². The van der Waals surface area contributed by atoms with Crippen LogP contribution in [0.15, 0.2) is 0 Å². The van der Waals surface area contributed by atoms with Gasteiger partial charge in [0.2, 0.25) is 11.8 Å². The molecule has 0 aromatic rings. The van der Waals surface area contributed by atoms with Crippen molar-refractivity contribution in [3.8, 4) is 0 Å². The largest absolute Gasteiger partial charge is 0.444 e. The first kappa shape index (κ1) is 20.3. The molecule has 0 aromatic heterocycles. The number of nitrogens with zero attached hydrogens (tertiary/aromatic N) is 2. The van der Waals surface area contributed by atoms with E-state index in [9.17, 15) is 14.4 Å². The minimum atomic E-state index is -0.547. The molecule has 24 heavy (non-hydrogen) atoms. The van der Waals surface area contributed by atoms with E-state index in [1.807, 2.05) is 4.90 Å². The van der Waals surface area contributed by atoms with Crippen molar-refractivity contribution >= 4 is 17.9 Å². The third-order valence-corrected chi connectivity index (χ3v) is 3.74. The molecule has 1 saturated heterocycles. The monoisotopic (exact) mass is 341 g/mol. The fourth-order valence-electron chi connectivity index (χ4n) is 2.44. The third-order valence-electron chi connectivity index (χ3n) is 3.74. The number of hydrogen-bond donors (Lipinski definition) is 1. The molecule has 7 nitrogen and oxygen atoms in total. The Morgan fingerprint density at radius 3 is 1.92 bits per heavy atom. The number of amides is 3. The number of ether oxygens (including phenoxy) is 1. The van der Waals surface area contributed by atoms with E-state index in [0.29, 0.717) is 32.6 Å². The first-order chi connectivity index (χ1) is 11.2. The lowest BCUT2D eigenvalue weighted by atomic mass is 10.2. The van der Waals surface area contributed by atoms with E-state index in [-0.39, 0.29) is 24.8 Å². The number of alkyl carbamates (subject to hydrolysis) is 1. The van der Waals surface area contributed by atoms with Crippen molar-refractivity contribution in [2.24, 2.45) is 0 Å². The van der Waals surface area contributed by atoms with E-state index in [0.717, 1.165) is 12.8 Å². The van der Waals surface area contributed by atoms with Crippen LogP contribution in [0.5, 0.6) is 0 Å². The summed E-state index contributed by atoms with van der Waals surface area (Å²) in [4.78, 5) is 39.2. The van der Waals surface area contributed by atoms with Gasteiger partial charge < -0.3 is 19.9 Å². The van der Waals surface area contributed by atoms with Crippen molar-refractivity contribution in [1.82, 2.24) is 15.1 Å². The molecule has 1 fully saturated rings. The Morgan fingerprint density at radius 1 is 0.958 bits per heavy atom. The molecule has 0 spiro atoms. The first-order valence-corrected chi connectivity index (χ1v) is 8.75. The van der Waals surface area contributed by atoms with Crippen molar-refractivity contribution in [3.63, 3.8) is 0 Å². The van der Waals surface area contributed by atoms with E-state index in [1.54, 1.807) is 25.7 Å². The lowest BCUT2D eigenvalue weighted by Crippen LogP contribution is -2.51. The Hall–Kier alpha value is -1.79. The van der Waals surface area contributed by atoms with Crippen LogP contribution in [0.3, 0.4) is 0 Å². The summed E-state index contributed by atoms with van der Waals surface area (Å²) in [7, 11) is 0. The number of piperazine rings is 1. The minimum absolute atomic E-state index is 0.00767. The van der Waals surface area contributed by atoms with Gasteiger partial charge in [0.15, 0.2) is 0 Å². The molecule has 0 aromatic carbocycles. The minimum Gasteiger partial charge on any atom is -0.444 e. The topological polar surface area (TPSA) is 79.0 Å². The van der Waals surface area contributed by atoms with Crippen LogP contribution in [0.1, 0.15) is 53.4 Å². The van der Waals surface area contributed by atoms with Gasteiger partial charge in [-0.15, -0.1) is 0 Å². The zero-order valence-corrected chi connectivity index (χ0v) is 15.4. The molecule has 1 aliphatic rings. The molecule has 1 heterocycles. The van der Waals surface area contributed by atoms with Gasteiger partial charge in [0.05, 0.1) is 0 Å². The fourth-order valence-corrected chi connectivity index (χ4v) is 2.44. The summed E-state index contributed by atoms with van der Waals surface area (Å²) < 4.78 is 5.12. The molecule has 3 amide bonds. The average molecular weight is 341 g/mol. The molecule has 0 radical (unpaired) electrons. The van der Waals surface area contributed by atoms with Crippen molar-refractivity contribution in [2.75, 3.05) is 32.7 Å². The average Bonchev–Trinajstić information content (AvgIpc) is 2.50. The zero-order valence-electron chi connectivity index (χ0n) is 15.4. The van der Waals surface area contributed by atoms with Gasteiger partial charge in [0.1, 0.15) is 5.60 Å². The summed E-state index contributed by atoms with van der Waals surface area (Å²) in [6.45, 7) is 9.99. The van der Waals surface area contributed by atoms with Crippen molar-refractivity contribution in [2.45, 2.75) is 59.0 Å². The maximum atomic E-state index is 12.1. The van der Waals surface area contributed by atoms with Crippen molar-refractivity contribution in [3.05, 3.63) is 0 Å². The number of rotatable bonds is 6. The summed E-state index contributed by atoms with van der Waals surface area (Å²) in [5.74, 6) is 0.169. The molecule has 1 rings (SSSR count). The van der Waals surface area contributed by atoms with Gasteiger partial charge >= 0.3 is 6.09 Å². The fraction of sp³-hybridized carbons (Fsp3) is 0.824. The highest BCUT2D eigenvalue weighted by atomic mass is 16.6. The van der Waals surface area contributed by atoms with E-state index in [4.69, 9.17) is 4.74 Å². The van der Waals surface area contributed by atoms with Gasteiger partial charge in [-0.3, -0.25) is 9.59 Å². The highest BCUT2D eigenvalue weighted by Crippen LogP contribution is 2.08. The number of nitrogens with one attached hydrogen (secondary N) is 1. The van der Waals surface area contributed by atoms with Crippen LogP contribution in [-0.4, -0.2) is 66.0 Å². The molecule has 7 heteroatoms. The van der Waals surface area contributed by atoms with E-state index >= 15 is 0 Å². The van der Waals surface area contributed by atoms with E-state index < -0.39 is 11.7 Å². The quantitative estimate of drug-likeness (QED) is 0.798. The Morgan fingerprint density at radius 2 is 1.46 bits per heavy atom. The van der Waals surface area contributed by atoms with E-state index in [1.165, 1.54) is 0 Å². The normalized spacial score (nSPS) is 15.2. The predicted octanol–water partition coefficient (Wildman–Crippen LogP) is 1.76. The van der Waals surface area contributed by atoms with Gasteiger partial charge in [-0.1, -0.05) is 13.3 Å². The van der Waals surface area contributed by atoms with Crippen LogP contribution in [0.4, 0.5) is 4.79 Å². The molecule has 0 saturated carbocycles. The zero-order chi connectivity index (χ0) is 18.2. The Labute approximate surface area is 144 Å². The van der Waals surface area contributed by atoms with Gasteiger partial charge in [-0.25, -0.2) is 4.79 Å². The number of hydrogen-bond acceptors (Lipinski definition) is 4. The van der Waals surface area contributed by atoms with Gasteiger partial charge in [0.25, 0.3) is 0 Å². The molecule has 0 aliphatic carbocycles. The number of unbranched alkanes of at least 4 members (excludes halogenated alkanes) is 1. The smallest absolute Gasteiger partial charge is 0.407 e. The SMILES string of the molecule is CCCCC(=O)N1CCN(C(=O)CCNC(=O)OC(C)(C)C)CC1. The van der Waals surface area contributed by atoms with Crippen LogP contribution >= 0.6 is 0 Å². The van der Waals surface area contributed by atoms with Crippen LogP contribution in [0, 0.1) is 0 Å². The highest BCUT2D eigenvalue weighted by molar-refractivity contribution is 5.79. The summed E-state index contributed by atoms with van der Waals surface area (Å²) in [6, 6.07) is 0. The number of carbonyl (C=O) groups excluding carboxylic acids is 3. The molecule has 1 N–H and O–H groups in total. The summed E-state index contributed by atoms with van der Waals surface area (Å²) in [5.41, 5.74) is -0.547. The maximum Gasteiger partial charge on any atom is 0.407 e. The summed E-state index contributed by atoms with van der Waals surface area (Å²) >= 11 is 0. The molecule has 0 unspecified atom stereocenters. The van der Waals surface area contributed by atoms with Crippen LogP contribution in [-0.2, 0) is 14.3 Å². The van der Waals surface area contributed by atoms with Crippen molar-refractivity contribution < 1.29 is 19.1 Å². The van der Waals surface area contributed by atoms with Gasteiger partial charge in [-0.2, -0.15) is 0 Å². The third kappa shape index (κ3) is 7.66. The summed E-state index contributed by atoms with van der Waals surface area (Å²) in [6.07, 6.45) is 2.23. The molecule has 1 aliphatic heterocycles. The lowest BCUT2D eigenvalue weighted by Gasteiger charge is -2.35. The lowest BCUT2D eigenvalue weighted by molar-refractivity contribution is -0.139. The Balaban J connectivity index is 2.24. The van der Waals surface area contributed by atoms with Crippen LogP contribution in [0.25, 0.3) is 0 Å². The molecule has 0 atom stereocenters. The second kappa shape index (κ2) is 9.49. The molecular formula is C17H31N3O4. The molecule has 138 valence electrons. The van der Waals surface area contributed by atoms with Crippen LogP contribution < -0.4 is 5.32 Å². The highest BCUT2D eigenvalue weighted by Gasteiger charge is 2.23. The standard InChI is InChI=1S/C17H31N3O4/c1-5-6-7-14(21)19-10-12-20(13-11-19)15(22)8-9-18-16(23)24-17(2,3)4/h5-13H2,1-4H3,(H,18,23). The first-order valence-electron chi connectivity index (χ1n) is 8.75. The molecular weight excluding hydrogens is 310 g/mol. The Bertz CT molecular complexity index is 438. The predicted molar refractivity (Wildman–Crippen MR) is 91.5 cm³/mol. The van der Waals surface area contributed by atoms with Gasteiger partial charge in [0, 0.05) is 45.6 Å².